The van der Waals surface area contributed by atoms with Gasteiger partial charge >= 0.3 is 5.97 Å². The Bertz CT molecular complexity index is 522. The lowest BCUT2D eigenvalue weighted by atomic mass is 9.95. The summed E-state index contributed by atoms with van der Waals surface area (Å²) in [6.45, 7) is 5.66. The maximum atomic E-state index is 12.2. The first-order chi connectivity index (χ1) is 10.2. The van der Waals surface area contributed by atoms with Gasteiger partial charge in [0.05, 0.1) is 19.8 Å². The van der Waals surface area contributed by atoms with Gasteiger partial charge in [0.15, 0.2) is 5.78 Å². The van der Waals surface area contributed by atoms with E-state index in [1.54, 1.807) is 6.92 Å². The van der Waals surface area contributed by atoms with E-state index >= 15 is 0 Å². The number of ketones is 1. The highest BCUT2D eigenvalue weighted by Crippen LogP contribution is 2.25. The molecular formula is C14H21NO7. The largest absolute Gasteiger partial charge is 0.496 e. The van der Waals surface area contributed by atoms with Crippen molar-refractivity contribution in [3.05, 3.63) is 23.5 Å². The Morgan fingerprint density at radius 2 is 1.77 bits per heavy atom. The molecule has 22 heavy (non-hydrogen) atoms. The maximum Gasteiger partial charge on any atom is 0.325 e. The number of carbonyl (C=O) groups excluding carboxylic acids is 2. The molecule has 0 amide bonds. The summed E-state index contributed by atoms with van der Waals surface area (Å²) in [6, 6.07) is 1.43. The van der Waals surface area contributed by atoms with Crippen molar-refractivity contribution in [3.8, 4) is 5.75 Å². The number of hydrogen-bond acceptors (Lipinski definition) is 8. The van der Waals surface area contributed by atoms with Gasteiger partial charge < -0.3 is 24.8 Å². The van der Waals surface area contributed by atoms with E-state index in [0.717, 1.165) is 13.3 Å². The lowest BCUT2D eigenvalue weighted by Gasteiger charge is -2.23. The van der Waals surface area contributed by atoms with Gasteiger partial charge in [0.1, 0.15) is 5.75 Å². The number of pyridine rings is 1. The molecule has 0 aliphatic rings. The van der Waals surface area contributed by atoms with Crippen LogP contribution in [-0.4, -0.2) is 52.2 Å². The third-order valence-electron chi connectivity index (χ3n) is 2.57. The van der Waals surface area contributed by atoms with E-state index < -0.39 is 23.6 Å². The van der Waals surface area contributed by atoms with Crippen LogP contribution in [0.15, 0.2) is 12.3 Å². The number of aromatic nitrogens is 1. The highest BCUT2D eigenvalue weighted by atomic mass is 16.7. The van der Waals surface area contributed by atoms with Crippen LogP contribution in [-0.2, 0) is 9.53 Å². The summed E-state index contributed by atoms with van der Waals surface area (Å²) in [4.78, 5) is 27.5. The number of Topliss-reactive ketones (excluding diaryl/α,β-unsaturated/α-hetero) is 1. The molecule has 0 bridgehead atoms. The first kappa shape index (κ1) is 20.0. The van der Waals surface area contributed by atoms with E-state index in [1.807, 2.05) is 13.8 Å². The Hall–Kier alpha value is -2.03. The Labute approximate surface area is 128 Å². The summed E-state index contributed by atoms with van der Waals surface area (Å²) in [5, 5.41) is 27.5. The van der Waals surface area contributed by atoms with Gasteiger partial charge in [-0.05, 0) is 6.92 Å². The fourth-order valence-electron chi connectivity index (χ4n) is 1.60. The Morgan fingerprint density at radius 1 is 1.23 bits per heavy atom. The van der Waals surface area contributed by atoms with Crippen molar-refractivity contribution in [2.24, 2.45) is 5.92 Å². The molecule has 0 saturated heterocycles. The van der Waals surface area contributed by atoms with Crippen LogP contribution in [0.2, 0.25) is 0 Å². The highest BCUT2D eigenvalue weighted by Gasteiger charge is 2.46. The molecule has 8 nitrogen and oxygen atoms in total. The van der Waals surface area contributed by atoms with Gasteiger partial charge in [0.25, 0.3) is 5.97 Å². The number of esters is 1. The molecule has 124 valence electrons. The van der Waals surface area contributed by atoms with Crippen LogP contribution in [0.4, 0.5) is 0 Å². The van der Waals surface area contributed by atoms with Gasteiger partial charge in [-0.1, -0.05) is 13.8 Å². The average Bonchev–Trinajstić information content (AvgIpc) is 2.47. The minimum Gasteiger partial charge on any atom is -0.496 e. The van der Waals surface area contributed by atoms with E-state index in [1.165, 1.54) is 13.2 Å². The van der Waals surface area contributed by atoms with Gasteiger partial charge in [-0.25, -0.2) is 0 Å². The molecule has 0 aliphatic carbocycles. The number of methoxy groups -OCH3 is 2. The van der Waals surface area contributed by atoms with Crippen molar-refractivity contribution in [2.75, 3.05) is 14.2 Å². The molecule has 1 rings (SSSR count). The zero-order valence-corrected chi connectivity index (χ0v) is 13.2. The number of ether oxygens (including phenoxy) is 2. The zero-order chi connectivity index (χ0) is 17.5. The van der Waals surface area contributed by atoms with Crippen LogP contribution >= 0.6 is 0 Å². The molecule has 0 saturated carbocycles. The first-order valence-corrected chi connectivity index (χ1v) is 6.52. The van der Waals surface area contributed by atoms with Crippen molar-refractivity contribution < 1.29 is 34.4 Å². The summed E-state index contributed by atoms with van der Waals surface area (Å²) in [6.07, 6.45) is 1.11. The molecule has 1 atom stereocenters. The van der Waals surface area contributed by atoms with Gasteiger partial charge in [0, 0.05) is 18.0 Å². The number of carbonyl (C=O) groups is 2. The van der Waals surface area contributed by atoms with Crippen molar-refractivity contribution in [3.63, 3.8) is 0 Å². The van der Waals surface area contributed by atoms with Crippen LogP contribution in [0, 0.1) is 12.8 Å². The number of nitrogens with zero attached hydrogens (tertiary/aromatic N) is 1. The molecule has 0 spiro atoms. The SMILES string of the molecule is CC.COC(=O)C(C(=O)c1cnc(C)cc1OC)C(O)(O)O. The minimum atomic E-state index is -3.56. The Kier molecular flexibility index (Phi) is 7.64. The first-order valence-electron chi connectivity index (χ1n) is 6.52. The van der Waals surface area contributed by atoms with E-state index in [9.17, 15) is 9.59 Å². The predicted octanol–water partition coefficient (Wildman–Crippen LogP) is 0.0274. The second kappa shape index (κ2) is 8.42. The molecule has 0 radical (unpaired) electrons. The fraction of sp³-hybridized carbons (Fsp3) is 0.500. The third-order valence-corrected chi connectivity index (χ3v) is 2.57. The maximum absolute atomic E-state index is 12.2. The predicted molar refractivity (Wildman–Crippen MR) is 76.1 cm³/mol. The normalized spacial score (nSPS) is 11.8. The van der Waals surface area contributed by atoms with Crippen LogP contribution < -0.4 is 4.74 Å². The Balaban J connectivity index is 0.00000211. The van der Waals surface area contributed by atoms with Crippen molar-refractivity contribution in [1.29, 1.82) is 0 Å². The molecule has 1 aromatic rings. The second-order valence-electron chi connectivity index (χ2n) is 4.03. The zero-order valence-electron chi connectivity index (χ0n) is 13.2. The lowest BCUT2D eigenvalue weighted by molar-refractivity contribution is -0.327. The molecule has 1 aromatic heterocycles. The Morgan fingerprint density at radius 3 is 2.18 bits per heavy atom. The number of aliphatic hydroxyl groups is 3. The van der Waals surface area contributed by atoms with Gasteiger partial charge in [-0.15, -0.1) is 0 Å². The van der Waals surface area contributed by atoms with Crippen molar-refractivity contribution in [2.45, 2.75) is 26.7 Å². The van der Waals surface area contributed by atoms with E-state index in [4.69, 9.17) is 20.1 Å². The molecular weight excluding hydrogens is 294 g/mol. The number of rotatable bonds is 5. The topological polar surface area (TPSA) is 126 Å². The van der Waals surface area contributed by atoms with E-state index in [-0.39, 0.29) is 11.3 Å². The summed E-state index contributed by atoms with van der Waals surface area (Å²) in [5.74, 6) is -8.09. The molecule has 0 aliphatic heterocycles. The molecule has 1 unspecified atom stereocenters. The van der Waals surface area contributed by atoms with Crippen molar-refractivity contribution >= 4 is 11.8 Å². The fourth-order valence-corrected chi connectivity index (χ4v) is 1.60. The van der Waals surface area contributed by atoms with E-state index in [2.05, 4.69) is 9.72 Å². The third kappa shape index (κ3) is 4.76. The van der Waals surface area contributed by atoms with E-state index in [0.29, 0.717) is 5.69 Å². The monoisotopic (exact) mass is 315 g/mol. The summed E-state index contributed by atoms with van der Waals surface area (Å²) in [5.41, 5.74) is 0.367. The van der Waals surface area contributed by atoms with Crippen LogP contribution in [0.1, 0.15) is 29.9 Å². The van der Waals surface area contributed by atoms with Crippen LogP contribution in [0.25, 0.3) is 0 Å². The smallest absolute Gasteiger partial charge is 0.325 e. The van der Waals surface area contributed by atoms with Crippen molar-refractivity contribution in [1.82, 2.24) is 4.98 Å². The standard InChI is InChI=1S/C12H15NO7.C2H6/c1-6-4-8(19-2)7(5-13-6)10(14)9(11(15)20-3)12(16,17)18;1-2/h4-5,9,16-18H,1-3H3;1-2H3. The quantitative estimate of drug-likeness (QED) is 0.301. The highest BCUT2D eigenvalue weighted by molar-refractivity contribution is 6.10. The summed E-state index contributed by atoms with van der Waals surface area (Å²) >= 11 is 0. The molecule has 0 fully saturated rings. The summed E-state index contributed by atoms with van der Waals surface area (Å²) in [7, 11) is 2.24. The van der Waals surface area contributed by atoms with Crippen LogP contribution in [0.3, 0.4) is 0 Å². The summed E-state index contributed by atoms with van der Waals surface area (Å²) < 4.78 is 9.24. The van der Waals surface area contributed by atoms with Gasteiger partial charge in [-0.2, -0.15) is 0 Å². The average molecular weight is 315 g/mol. The molecule has 3 N–H and O–H groups in total. The molecule has 1 heterocycles. The van der Waals surface area contributed by atoms with Gasteiger partial charge in [0.2, 0.25) is 5.92 Å². The number of hydrogen-bond donors (Lipinski definition) is 3. The van der Waals surface area contributed by atoms with Crippen LogP contribution in [0.5, 0.6) is 5.75 Å². The molecule has 8 heteroatoms. The lowest BCUT2D eigenvalue weighted by Crippen LogP contribution is -2.47. The van der Waals surface area contributed by atoms with Gasteiger partial charge in [-0.3, -0.25) is 14.6 Å². The second-order valence-corrected chi connectivity index (χ2v) is 4.03. The minimum absolute atomic E-state index is 0.0839. The molecule has 0 aromatic carbocycles. The number of aryl methyl sites for hydroxylation is 1.